The predicted molar refractivity (Wildman–Crippen MR) is 206 cm³/mol. The summed E-state index contributed by atoms with van der Waals surface area (Å²) in [5.74, 6) is 0. The Labute approximate surface area is 334 Å². The SMILES string of the molecule is O=S(=O)([O-])C(F)(F)F.OB(n1cccn1)n1cccn1.[Ru+2].c1ccc([PH+](c2ccccc2)c2ccccc2)cc1.c1cnn([BH-](n2cccn2)n2cccn2)c1. The van der Waals surface area contributed by atoms with Crippen LogP contribution in [0.4, 0.5) is 13.2 Å². The van der Waals surface area contributed by atoms with Crippen molar-refractivity contribution in [3.63, 3.8) is 0 Å². The molecule has 0 fully saturated rings. The van der Waals surface area contributed by atoms with Gasteiger partial charge in [-0.25, -0.2) is 23.7 Å². The van der Waals surface area contributed by atoms with E-state index in [9.17, 15) is 18.2 Å². The molecule has 1 N–H and O–H groups in total. The van der Waals surface area contributed by atoms with E-state index in [-0.39, 0.29) is 19.5 Å². The number of alkyl halides is 3. The van der Waals surface area contributed by atoms with Crippen LogP contribution in [0.2, 0.25) is 0 Å². The third-order valence-corrected chi connectivity index (χ3v) is 10.8. The number of halogens is 3. The monoisotopic (exact) mass is 889 g/mol. The number of hydrogen-bond acceptors (Lipinski definition) is 9. The van der Waals surface area contributed by atoms with Gasteiger partial charge in [-0.1, -0.05) is 54.6 Å². The Morgan fingerprint density at radius 2 is 0.839 bits per heavy atom. The molecule has 0 atom stereocenters. The second kappa shape index (κ2) is 21.0. The number of nitrogens with zero attached hydrogens (tertiary/aromatic N) is 10. The van der Waals surface area contributed by atoms with Gasteiger partial charge in [0, 0.05) is 43.4 Å². The van der Waals surface area contributed by atoms with Crippen molar-refractivity contribution < 1.29 is 50.6 Å². The number of hydrogen-bond donors (Lipinski definition) is 1. The van der Waals surface area contributed by atoms with Crippen LogP contribution in [0.25, 0.3) is 0 Å². The van der Waals surface area contributed by atoms with E-state index in [1.807, 2.05) is 50.6 Å². The van der Waals surface area contributed by atoms with E-state index >= 15 is 0 Å². The standard InChI is InChI=1S/C18H15P.C9H10BN6.C6H7BN4O.CHF3O3S.Ru/c1-4-10-16(11-5-1)19(17-12-6-2-7-13-17)18-14-8-3-9-15-18;1-4-11-14(7-1)10(15-8-2-5-12-15)16-9-3-6-13-16;12-7(10-5-1-3-8-10)11-6-2-4-9-11;2-1(3,4)8(5,6)7;/h1-15H;1-10H;1-6,12H;(H,5,6,7);/q;-1;;;+2. The fraction of sp³-hybridized carbons (Fsp3) is 0.0294. The van der Waals surface area contributed by atoms with Crippen molar-refractivity contribution in [2.45, 2.75) is 5.51 Å². The zero-order chi connectivity index (χ0) is 39.1. The number of rotatable bonds is 8. The molecule has 0 unspecified atom stereocenters. The minimum Gasteiger partial charge on any atom is -0.741 e. The maximum atomic E-state index is 10.7. The summed E-state index contributed by atoms with van der Waals surface area (Å²) in [7, 11) is -8.94. The molecule has 5 heterocycles. The third kappa shape index (κ3) is 12.3. The molecule has 0 spiro atoms. The van der Waals surface area contributed by atoms with Crippen LogP contribution in [0.5, 0.6) is 0 Å². The molecule has 8 aromatic rings. The van der Waals surface area contributed by atoms with Crippen molar-refractivity contribution in [1.29, 1.82) is 0 Å². The summed E-state index contributed by atoms with van der Waals surface area (Å²) in [6, 6.07) is 41.7. The Balaban J connectivity index is 0.000000172. The molecule has 8 rings (SSSR count). The minimum absolute atomic E-state index is 0. The summed E-state index contributed by atoms with van der Waals surface area (Å²) in [6.45, 7) is 0. The van der Waals surface area contributed by atoms with Crippen LogP contribution in [-0.2, 0) is 29.6 Å². The summed E-state index contributed by atoms with van der Waals surface area (Å²) < 4.78 is 67.3. The van der Waals surface area contributed by atoms with Crippen LogP contribution < -0.4 is 15.9 Å². The molecular formula is C34H33B2F3N10O4PRuS+. The minimum atomic E-state index is -6.09. The van der Waals surface area contributed by atoms with Crippen LogP contribution in [0.1, 0.15) is 0 Å². The Hall–Kier alpha value is -5.45. The first-order valence-corrected chi connectivity index (χ1v) is 19.3. The van der Waals surface area contributed by atoms with Crippen molar-refractivity contribution in [1.82, 2.24) is 48.5 Å². The van der Waals surface area contributed by atoms with Crippen LogP contribution in [0.15, 0.2) is 183 Å². The zero-order valence-corrected chi connectivity index (χ0v) is 32.7. The average Bonchev–Trinajstić information content (AvgIpc) is 4.04. The Morgan fingerprint density at radius 1 is 0.554 bits per heavy atom. The quantitative estimate of drug-likeness (QED) is 0.105. The van der Waals surface area contributed by atoms with Crippen molar-refractivity contribution in [2.24, 2.45) is 0 Å². The van der Waals surface area contributed by atoms with Crippen molar-refractivity contribution >= 4 is 48.3 Å². The van der Waals surface area contributed by atoms with Crippen LogP contribution >= 0.6 is 7.92 Å². The molecule has 0 radical (unpaired) electrons. The summed E-state index contributed by atoms with van der Waals surface area (Å²) in [5.41, 5.74) is -5.65. The van der Waals surface area contributed by atoms with E-state index in [2.05, 4.69) is 116 Å². The van der Waals surface area contributed by atoms with Gasteiger partial charge in [0.1, 0.15) is 15.9 Å². The van der Waals surface area contributed by atoms with E-state index in [0.29, 0.717) is 0 Å². The van der Waals surface area contributed by atoms with Crippen LogP contribution in [0.3, 0.4) is 0 Å². The third-order valence-electron chi connectivity index (χ3n) is 7.54. The van der Waals surface area contributed by atoms with Gasteiger partial charge in [-0.05, 0) is 85.3 Å². The second-order valence-corrected chi connectivity index (χ2v) is 15.1. The molecule has 0 saturated carbocycles. The van der Waals surface area contributed by atoms with Crippen LogP contribution in [-0.4, -0.2) is 86.3 Å². The van der Waals surface area contributed by atoms with Crippen LogP contribution in [0, 0.1) is 0 Å². The maximum Gasteiger partial charge on any atom is 2.00 e. The Morgan fingerprint density at radius 3 is 1.07 bits per heavy atom. The van der Waals surface area contributed by atoms with Gasteiger partial charge in [0.25, 0.3) is 0 Å². The molecule has 3 aromatic carbocycles. The topological polar surface area (TPSA) is 167 Å². The summed E-state index contributed by atoms with van der Waals surface area (Å²) in [6.07, 6.45) is 17.6. The predicted octanol–water partition coefficient (Wildman–Crippen LogP) is 2.62. The molecule has 56 heavy (non-hydrogen) atoms. The number of benzene rings is 3. The molecule has 14 nitrogen and oxygen atoms in total. The molecule has 5 aromatic heterocycles. The zero-order valence-electron chi connectivity index (χ0n) is 29.1. The van der Waals surface area contributed by atoms with Crippen molar-refractivity contribution in [3.8, 4) is 0 Å². The van der Waals surface area contributed by atoms with Gasteiger partial charge in [0.15, 0.2) is 10.1 Å². The van der Waals surface area contributed by atoms with Gasteiger partial charge in [0.2, 0.25) is 0 Å². The summed E-state index contributed by atoms with van der Waals surface area (Å²) >= 11 is 0. The van der Waals surface area contributed by atoms with E-state index < -0.39 is 37.9 Å². The maximum absolute atomic E-state index is 10.7. The molecule has 0 aliphatic rings. The van der Waals surface area contributed by atoms with Gasteiger partial charge in [-0.2, -0.15) is 23.4 Å². The average molecular weight is 888 g/mol. The Bertz CT molecular complexity index is 2110. The van der Waals surface area contributed by atoms with E-state index in [0.717, 1.165) is 0 Å². The van der Waals surface area contributed by atoms with Crippen molar-refractivity contribution in [3.05, 3.63) is 183 Å². The van der Waals surface area contributed by atoms with Gasteiger partial charge in [-0.15, -0.1) is 0 Å². The fourth-order valence-electron chi connectivity index (χ4n) is 5.12. The van der Waals surface area contributed by atoms with E-state index in [4.69, 9.17) is 13.0 Å². The van der Waals surface area contributed by atoms with Gasteiger partial charge in [-0.3, -0.25) is 9.19 Å². The first-order valence-electron chi connectivity index (χ1n) is 16.4. The Kier molecular flexibility index (Phi) is 16.2. The summed E-state index contributed by atoms with van der Waals surface area (Å²) in [4.78, 5) is 0. The molecule has 0 bridgehead atoms. The smallest absolute Gasteiger partial charge is 0.741 e. The normalized spacial score (nSPS) is 10.9. The second-order valence-electron chi connectivity index (χ2n) is 11.3. The van der Waals surface area contributed by atoms with Gasteiger partial charge in [0.05, 0.1) is 7.92 Å². The summed E-state index contributed by atoms with van der Waals surface area (Å²) in [5, 5.41) is 34.4. The fourth-order valence-corrected chi connectivity index (χ4v) is 7.70. The molecule has 0 aliphatic heterocycles. The first kappa shape index (κ1) is 43.3. The first-order chi connectivity index (χ1) is 26.5. The molecule has 22 heteroatoms. The number of aromatic nitrogens is 10. The molecule has 288 valence electrons. The van der Waals surface area contributed by atoms with E-state index in [1.165, 1.54) is 25.1 Å². The molecule has 0 aliphatic carbocycles. The largest absolute Gasteiger partial charge is 2.00 e. The molecular weight excluding hydrogens is 855 g/mol. The van der Waals surface area contributed by atoms with E-state index in [1.54, 1.807) is 55.5 Å². The van der Waals surface area contributed by atoms with Gasteiger partial charge >= 0.3 is 39.3 Å². The van der Waals surface area contributed by atoms with Gasteiger partial charge < -0.3 is 23.4 Å². The molecule has 0 saturated heterocycles. The van der Waals surface area contributed by atoms with Crippen molar-refractivity contribution in [2.75, 3.05) is 0 Å². The molecule has 0 amide bonds.